The fraction of sp³-hybridized carbons (Fsp3) is 0.333. The quantitative estimate of drug-likeness (QED) is 0.600. The Morgan fingerprint density at radius 1 is 1.29 bits per heavy atom. The number of aliphatic hydroxyl groups is 1. The first-order chi connectivity index (χ1) is 8.17. The van der Waals surface area contributed by atoms with Gasteiger partial charge in [0.05, 0.1) is 6.26 Å². The van der Waals surface area contributed by atoms with Crippen molar-refractivity contribution < 1.29 is 5.11 Å². The van der Waals surface area contributed by atoms with E-state index in [2.05, 4.69) is 43.4 Å². The Morgan fingerprint density at radius 2 is 1.94 bits per heavy atom. The number of aliphatic hydroxyl groups excluding tert-OH is 1. The largest absolute Gasteiger partial charge is 0.516 e. The number of benzene rings is 1. The first kappa shape index (κ1) is 13.4. The molecule has 0 aliphatic heterocycles. The van der Waals surface area contributed by atoms with Crippen LogP contribution in [-0.2, 0) is 6.42 Å². The van der Waals surface area contributed by atoms with E-state index in [-0.39, 0.29) is 0 Å². The summed E-state index contributed by atoms with van der Waals surface area (Å²) in [6.45, 7) is 4.43. The van der Waals surface area contributed by atoms with Gasteiger partial charge in [0, 0.05) is 18.8 Å². The van der Waals surface area contributed by atoms with E-state index in [0.29, 0.717) is 5.92 Å². The summed E-state index contributed by atoms with van der Waals surface area (Å²) in [5.74, 6) is 0.672. The fourth-order valence-electron chi connectivity index (χ4n) is 1.77. The van der Waals surface area contributed by atoms with Gasteiger partial charge in [0.15, 0.2) is 0 Å². The SMILES string of the molecule is CN/C=C(\C=C\O)c1ccc(CC(C)C)cc1. The van der Waals surface area contributed by atoms with Gasteiger partial charge >= 0.3 is 0 Å². The number of rotatable bonds is 5. The van der Waals surface area contributed by atoms with Gasteiger partial charge in [-0.2, -0.15) is 0 Å². The van der Waals surface area contributed by atoms with E-state index >= 15 is 0 Å². The highest BCUT2D eigenvalue weighted by atomic mass is 16.2. The first-order valence-corrected chi connectivity index (χ1v) is 5.95. The van der Waals surface area contributed by atoms with Crippen molar-refractivity contribution in [1.82, 2.24) is 5.32 Å². The minimum absolute atomic E-state index is 0.672. The lowest BCUT2D eigenvalue weighted by Gasteiger charge is -2.07. The van der Waals surface area contributed by atoms with Gasteiger partial charge in [-0.15, -0.1) is 0 Å². The van der Waals surface area contributed by atoms with Crippen molar-refractivity contribution >= 4 is 5.57 Å². The topological polar surface area (TPSA) is 32.3 Å². The zero-order chi connectivity index (χ0) is 12.7. The molecule has 1 aromatic rings. The lowest BCUT2D eigenvalue weighted by molar-refractivity contribution is 0.474. The molecule has 1 rings (SSSR count). The maximum Gasteiger partial charge on any atom is 0.0798 e. The van der Waals surface area contributed by atoms with E-state index in [0.717, 1.165) is 23.8 Å². The van der Waals surface area contributed by atoms with Crippen LogP contribution in [0, 0.1) is 5.92 Å². The van der Waals surface area contributed by atoms with Gasteiger partial charge in [-0.3, -0.25) is 0 Å². The summed E-state index contributed by atoms with van der Waals surface area (Å²) in [4.78, 5) is 0. The Hall–Kier alpha value is -1.70. The lowest BCUT2D eigenvalue weighted by atomic mass is 9.99. The van der Waals surface area contributed by atoms with Gasteiger partial charge in [-0.1, -0.05) is 38.1 Å². The highest BCUT2D eigenvalue weighted by Gasteiger charge is 2.00. The van der Waals surface area contributed by atoms with E-state index in [1.807, 2.05) is 13.2 Å². The molecule has 0 unspecified atom stereocenters. The number of hydrogen-bond donors (Lipinski definition) is 2. The monoisotopic (exact) mass is 231 g/mol. The van der Waals surface area contributed by atoms with Gasteiger partial charge < -0.3 is 10.4 Å². The summed E-state index contributed by atoms with van der Waals surface area (Å²) in [6.07, 6.45) is 5.70. The second-order valence-electron chi connectivity index (χ2n) is 4.50. The number of hydrogen-bond acceptors (Lipinski definition) is 2. The standard InChI is InChI=1S/C15H21NO/c1-12(2)10-13-4-6-14(7-5-13)15(8-9-17)11-16-3/h4-9,11-12,16-17H,10H2,1-3H3/b9-8+,15-11+. The maximum atomic E-state index is 8.85. The summed E-state index contributed by atoms with van der Waals surface area (Å²) < 4.78 is 0. The van der Waals surface area contributed by atoms with Crippen molar-refractivity contribution in [2.24, 2.45) is 5.92 Å². The molecule has 2 heteroatoms. The number of nitrogens with one attached hydrogen (secondary N) is 1. The predicted molar refractivity (Wildman–Crippen MR) is 73.8 cm³/mol. The third-order valence-electron chi connectivity index (χ3n) is 2.49. The Balaban J connectivity index is 2.88. The van der Waals surface area contributed by atoms with Crippen LogP contribution in [0.3, 0.4) is 0 Å². The molecular formula is C15H21NO. The van der Waals surface area contributed by atoms with Crippen LogP contribution < -0.4 is 5.32 Å². The van der Waals surface area contributed by atoms with Crippen LogP contribution in [0.1, 0.15) is 25.0 Å². The third kappa shape index (κ3) is 4.35. The van der Waals surface area contributed by atoms with Crippen LogP contribution in [0.25, 0.3) is 5.57 Å². The van der Waals surface area contributed by atoms with Crippen LogP contribution in [0.4, 0.5) is 0 Å². The van der Waals surface area contributed by atoms with Gasteiger partial charge in [-0.25, -0.2) is 0 Å². The molecule has 0 bridgehead atoms. The predicted octanol–water partition coefficient (Wildman–Crippen LogP) is 3.52. The van der Waals surface area contributed by atoms with Crippen LogP contribution in [-0.4, -0.2) is 12.2 Å². The molecule has 0 radical (unpaired) electrons. The second-order valence-corrected chi connectivity index (χ2v) is 4.50. The summed E-state index contributed by atoms with van der Waals surface area (Å²) in [5, 5.41) is 11.8. The van der Waals surface area contributed by atoms with E-state index < -0.39 is 0 Å². The smallest absolute Gasteiger partial charge is 0.0798 e. The average molecular weight is 231 g/mol. The van der Waals surface area contributed by atoms with Gasteiger partial charge in [0.25, 0.3) is 0 Å². The normalized spacial score (nSPS) is 12.4. The minimum Gasteiger partial charge on any atom is -0.516 e. The first-order valence-electron chi connectivity index (χ1n) is 5.95. The van der Waals surface area contributed by atoms with Crippen molar-refractivity contribution in [1.29, 1.82) is 0 Å². The Kier molecular flexibility index (Phi) is 5.34. The molecular weight excluding hydrogens is 210 g/mol. The Labute approximate surface area is 104 Å². The average Bonchev–Trinajstić information content (AvgIpc) is 2.29. The second kappa shape index (κ2) is 6.79. The molecule has 2 N–H and O–H groups in total. The van der Waals surface area contributed by atoms with E-state index in [1.165, 1.54) is 5.56 Å². The molecule has 0 spiro atoms. The van der Waals surface area contributed by atoms with E-state index in [9.17, 15) is 0 Å². The molecule has 2 nitrogen and oxygen atoms in total. The molecule has 92 valence electrons. The summed E-state index contributed by atoms with van der Waals surface area (Å²) >= 11 is 0. The molecule has 0 heterocycles. The van der Waals surface area contributed by atoms with Crippen molar-refractivity contribution in [2.45, 2.75) is 20.3 Å². The van der Waals surface area contributed by atoms with Crippen molar-refractivity contribution in [3.63, 3.8) is 0 Å². The van der Waals surface area contributed by atoms with Crippen LogP contribution in [0.15, 0.2) is 42.8 Å². The molecule has 17 heavy (non-hydrogen) atoms. The van der Waals surface area contributed by atoms with Gasteiger partial charge in [0.2, 0.25) is 0 Å². The van der Waals surface area contributed by atoms with Crippen LogP contribution in [0.2, 0.25) is 0 Å². The van der Waals surface area contributed by atoms with Gasteiger partial charge in [-0.05, 0) is 29.5 Å². The molecule has 0 saturated heterocycles. The van der Waals surface area contributed by atoms with Crippen molar-refractivity contribution in [3.8, 4) is 0 Å². The fourth-order valence-corrected chi connectivity index (χ4v) is 1.77. The molecule has 0 amide bonds. The molecule has 0 aromatic heterocycles. The lowest BCUT2D eigenvalue weighted by Crippen LogP contribution is -1.96. The molecule has 0 saturated carbocycles. The molecule has 0 fully saturated rings. The molecule has 0 aliphatic carbocycles. The highest BCUT2D eigenvalue weighted by Crippen LogP contribution is 2.17. The molecule has 0 aliphatic rings. The van der Waals surface area contributed by atoms with Crippen LogP contribution >= 0.6 is 0 Å². The Bertz CT molecular complexity index is 388. The summed E-state index contributed by atoms with van der Waals surface area (Å²) in [6, 6.07) is 8.45. The Morgan fingerprint density at radius 3 is 2.41 bits per heavy atom. The summed E-state index contributed by atoms with van der Waals surface area (Å²) in [5.41, 5.74) is 3.41. The minimum atomic E-state index is 0.672. The zero-order valence-corrected chi connectivity index (χ0v) is 10.8. The highest BCUT2D eigenvalue weighted by molar-refractivity contribution is 5.73. The van der Waals surface area contributed by atoms with Crippen molar-refractivity contribution in [2.75, 3.05) is 7.05 Å². The maximum absolute atomic E-state index is 8.85. The van der Waals surface area contributed by atoms with Crippen molar-refractivity contribution in [3.05, 3.63) is 53.9 Å². The molecule has 0 atom stereocenters. The van der Waals surface area contributed by atoms with E-state index in [4.69, 9.17) is 5.11 Å². The summed E-state index contributed by atoms with van der Waals surface area (Å²) in [7, 11) is 1.85. The number of allylic oxidation sites excluding steroid dienone is 2. The van der Waals surface area contributed by atoms with Crippen LogP contribution in [0.5, 0.6) is 0 Å². The zero-order valence-electron chi connectivity index (χ0n) is 10.8. The van der Waals surface area contributed by atoms with Gasteiger partial charge in [0.1, 0.15) is 0 Å². The van der Waals surface area contributed by atoms with E-state index in [1.54, 1.807) is 6.08 Å². The third-order valence-corrected chi connectivity index (χ3v) is 2.49. The molecule has 1 aromatic carbocycles.